The third-order valence-corrected chi connectivity index (χ3v) is 3.23. The molecule has 18 heavy (non-hydrogen) atoms. The molecule has 1 unspecified atom stereocenters. The second-order valence-corrected chi connectivity index (χ2v) is 4.97. The summed E-state index contributed by atoms with van der Waals surface area (Å²) >= 11 is 3.36. The van der Waals surface area contributed by atoms with Gasteiger partial charge in [0.2, 0.25) is 0 Å². The Hall–Kier alpha value is -1.39. The van der Waals surface area contributed by atoms with Gasteiger partial charge in [-0.25, -0.2) is 0 Å². The summed E-state index contributed by atoms with van der Waals surface area (Å²) in [7, 11) is 1.65. The Balaban J connectivity index is 2.06. The van der Waals surface area contributed by atoms with Crippen molar-refractivity contribution < 1.29 is 4.74 Å². The largest absolute Gasteiger partial charge is 0.497 e. The minimum absolute atomic E-state index is 0.0513. The zero-order valence-corrected chi connectivity index (χ0v) is 11.7. The van der Waals surface area contributed by atoms with E-state index >= 15 is 0 Å². The molecule has 1 heterocycles. The van der Waals surface area contributed by atoms with E-state index in [4.69, 9.17) is 10.5 Å². The predicted octanol–water partition coefficient (Wildman–Crippen LogP) is 3.10. The summed E-state index contributed by atoms with van der Waals surface area (Å²) in [5, 5.41) is 0. The highest BCUT2D eigenvalue weighted by Gasteiger charge is 2.08. The summed E-state index contributed by atoms with van der Waals surface area (Å²) in [6, 6.07) is 11.7. The second kappa shape index (κ2) is 5.98. The Morgan fingerprint density at radius 3 is 2.50 bits per heavy atom. The molecule has 0 radical (unpaired) electrons. The molecule has 0 fully saturated rings. The number of ether oxygens (including phenoxy) is 1. The summed E-state index contributed by atoms with van der Waals surface area (Å²) in [5.74, 6) is 0.840. The number of halogens is 1. The van der Waals surface area contributed by atoms with Gasteiger partial charge in [0.15, 0.2) is 0 Å². The second-order valence-electron chi connectivity index (χ2n) is 4.05. The highest BCUT2D eigenvalue weighted by molar-refractivity contribution is 9.10. The molecule has 1 aromatic carbocycles. The van der Waals surface area contributed by atoms with E-state index in [1.807, 2.05) is 36.4 Å². The van der Waals surface area contributed by atoms with Crippen molar-refractivity contribution in [2.75, 3.05) is 7.11 Å². The van der Waals surface area contributed by atoms with E-state index in [1.54, 1.807) is 13.3 Å². The van der Waals surface area contributed by atoms with Crippen LogP contribution in [0.3, 0.4) is 0 Å². The van der Waals surface area contributed by atoms with Crippen LogP contribution in [0.2, 0.25) is 0 Å². The Morgan fingerprint density at radius 2 is 1.94 bits per heavy atom. The monoisotopic (exact) mass is 306 g/mol. The van der Waals surface area contributed by atoms with Crippen molar-refractivity contribution in [3.05, 3.63) is 58.3 Å². The number of nitrogens with two attached hydrogens (primary N) is 1. The Kier molecular flexibility index (Phi) is 4.33. The highest BCUT2D eigenvalue weighted by Crippen LogP contribution is 2.19. The first-order valence-corrected chi connectivity index (χ1v) is 6.48. The molecular weight excluding hydrogens is 292 g/mol. The lowest BCUT2D eigenvalue weighted by Gasteiger charge is -2.12. The summed E-state index contributed by atoms with van der Waals surface area (Å²) < 4.78 is 6.10. The Labute approximate surface area is 115 Å². The molecule has 3 nitrogen and oxygen atoms in total. The van der Waals surface area contributed by atoms with Gasteiger partial charge in [0, 0.05) is 28.8 Å². The average Bonchev–Trinajstić information content (AvgIpc) is 2.41. The van der Waals surface area contributed by atoms with Crippen molar-refractivity contribution in [3.63, 3.8) is 0 Å². The average molecular weight is 307 g/mol. The molecule has 1 atom stereocenters. The van der Waals surface area contributed by atoms with Gasteiger partial charge in [-0.1, -0.05) is 12.1 Å². The van der Waals surface area contributed by atoms with Crippen LogP contribution in [-0.2, 0) is 6.42 Å². The number of benzene rings is 1. The lowest BCUT2D eigenvalue weighted by atomic mass is 10.0. The van der Waals surface area contributed by atoms with Crippen LogP contribution in [0, 0.1) is 0 Å². The van der Waals surface area contributed by atoms with Crippen LogP contribution in [0.15, 0.2) is 47.1 Å². The molecule has 4 heteroatoms. The normalized spacial score (nSPS) is 12.2. The van der Waals surface area contributed by atoms with Gasteiger partial charge in [-0.15, -0.1) is 0 Å². The van der Waals surface area contributed by atoms with Crippen molar-refractivity contribution in [3.8, 4) is 5.75 Å². The summed E-state index contributed by atoms with van der Waals surface area (Å²) in [4.78, 5) is 4.33. The summed E-state index contributed by atoms with van der Waals surface area (Å²) in [5.41, 5.74) is 8.24. The van der Waals surface area contributed by atoms with E-state index in [1.165, 1.54) is 0 Å². The van der Waals surface area contributed by atoms with E-state index in [2.05, 4.69) is 20.9 Å². The maximum Gasteiger partial charge on any atom is 0.118 e. The number of nitrogens with zero attached hydrogens (tertiary/aromatic N) is 1. The van der Waals surface area contributed by atoms with Crippen molar-refractivity contribution in [2.45, 2.75) is 12.5 Å². The molecule has 0 amide bonds. The molecule has 2 aromatic rings. The molecule has 0 saturated carbocycles. The zero-order valence-electron chi connectivity index (χ0n) is 10.1. The van der Waals surface area contributed by atoms with Gasteiger partial charge in [0.05, 0.1) is 7.11 Å². The van der Waals surface area contributed by atoms with E-state index in [9.17, 15) is 0 Å². The molecule has 2 N–H and O–H groups in total. The van der Waals surface area contributed by atoms with Crippen molar-refractivity contribution in [2.24, 2.45) is 5.73 Å². The Bertz CT molecular complexity index is 496. The molecule has 94 valence electrons. The van der Waals surface area contributed by atoms with Gasteiger partial charge >= 0.3 is 0 Å². The number of methoxy groups -OCH3 is 1. The fraction of sp³-hybridized carbons (Fsp3) is 0.214. The molecule has 0 aliphatic heterocycles. The van der Waals surface area contributed by atoms with E-state index in [-0.39, 0.29) is 6.04 Å². The van der Waals surface area contributed by atoms with Gasteiger partial charge in [-0.3, -0.25) is 4.98 Å². The number of aromatic nitrogens is 1. The summed E-state index contributed by atoms with van der Waals surface area (Å²) in [6.45, 7) is 0. The first kappa shape index (κ1) is 13.1. The SMILES string of the molecule is COc1ccc(C(N)Cc2ccc(Br)cn2)cc1. The number of rotatable bonds is 4. The lowest BCUT2D eigenvalue weighted by Crippen LogP contribution is -2.13. The summed E-state index contributed by atoms with van der Waals surface area (Å²) in [6.07, 6.45) is 2.51. The molecule has 0 aliphatic carbocycles. The van der Waals surface area contributed by atoms with Crippen LogP contribution in [-0.4, -0.2) is 12.1 Å². The lowest BCUT2D eigenvalue weighted by molar-refractivity contribution is 0.414. The first-order chi connectivity index (χ1) is 8.69. The quantitative estimate of drug-likeness (QED) is 0.944. The fourth-order valence-electron chi connectivity index (χ4n) is 1.72. The highest BCUT2D eigenvalue weighted by atomic mass is 79.9. The number of hydrogen-bond acceptors (Lipinski definition) is 3. The molecule has 0 bridgehead atoms. The number of hydrogen-bond donors (Lipinski definition) is 1. The third-order valence-electron chi connectivity index (χ3n) is 2.76. The zero-order chi connectivity index (χ0) is 13.0. The van der Waals surface area contributed by atoms with Gasteiger partial charge in [-0.2, -0.15) is 0 Å². The molecule has 0 saturated heterocycles. The van der Waals surface area contributed by atoms with Crippen LogP contribution in [0.4, 0.5) is 0 Å². The maximum atomic E-state index is 6.16. The van der Waals surface area contributed by atoms with Crippen LogP contribution < -0.4 is 10.5 Å². The van der Waals surface area contributed by atoms with Crippen LogP contribution in [0.25, 0.3) is 0 Å². The smallest absolute Gasteiger partial charge is 0.118 e. The minimum atomic E-state index is -0.0513. The van der Waals surface area contributed by atoms with Gasteiger partial charge < -0.3 is 10.5 Å². The van der Waals surface area contributed by atoms with E-state index < -0.39 is 0 Å². The third kappa shape index (κ3) is 3.31. The van der Waals surface area contributed by atoms with Crippen LogP contribution in [0.1, 0.15) is 17.3 Å². The maximum absolute atomic E-state index is 6.16. The topological polar surface area (TPSA) is 48.1 Å². The molecular formula is C14H15BrN2O. The van der Waals surface area contributed by atoms with Crippen LogP contribution in [0.5, 0.6) is 5.75 Å². The van der Waals surface area contributed by atoms with Crippen molar-refractivity contribution >= 4 is 15.9 Å². The fourth-order valence-corrected chi connectivity index (χ4v) is 1.96. The molecule has 0 aliphatic rings. The first-order valence-electron chi connectivity index (χ1n) is 5.69. The van der Waals surface area contributed by atoms with Gasteiger partial charge in [0.25, 0.3) is 0 Å². The van der Waals surface area contributed by atoms with Gasteiger partial charge in [-0.05, 0) is 45.8 Å². The number of pyridine rings is 1. The van der Waals surface area contributed by atoms with Crippen molar-refractivity contribution in [1.29, 1.82) is 0 Å². The standard InChI is InChI=1S/C14H15BrN2O/c1-18-13-6-2-10(3-7-13)14(16)8-12-5-4-11(15)9-17-12/h2-7,9,14H,8,16H2,1H3. The van der Waals surface area contributed by atoms with E-state index in [0.29, 0.717) is 0 Å². The molecule has 1 aromatic heterocycles. The van der Waals surface area contributed by atoms with Gasteiger partial charge in [0.1, 0.15) is 5.75 Å². The van der Waals surface area contributed by atoms with Crippen molar-refractivity contribution in [1.82, 2.24) is 4.98 Å². The molecule has 0 spiro atoms. The van der Waals surface area contributed by atoms with E-state index in [0.717, 1.165) is 27.9 Å². The predicted molar refractivity (Wildman–Crippen MR) is 75.6 cm³/mol. The van der Waals surface area contributed by atoms with Crippen LogP contribution >= 0.6 is 15.9 Å². The minimum Gasteiger partial charge on any atom is -0.497 e. The Morgan fingerprint density at radius 1 is 1.22 bits per heavy atom. The molecule has 2 rings (SSSR count).